The van der Waals surface area contributed by atoms with Crippen molar-refractivity contribution in [2.75, 3.05) is 0 Å². The monoisotopic (exact) mass is 180 g/mol. The summed E-state index contributed by atoms with van der Waals surface area (Å²) in [4.78, 5) is 0. The zero-order valence-corrected chi connectivity index (χ0v) is 8.09. The van der Waals surface area contributed by atoms with Crippen molar-refractivity contribution in [1.29, 1.82) is 0 Å². The molecule has 0 atom stereocenters. The molecule has 0 bridgehead atoms. The van der Waals surface area contributed by atoms with Crippen LogP contribution in [0.3, 0.4) is 0 Å². The summed E-state index contributed by atoms with van der Waals surface area (Å²) in [5.74, 6) is 2.66. The number of allylic oxidation sites excluding steroid dienone is 2. The molecule has 0 saturated heterocycles. The second kappa shape index (κ2) is 3.55. The molecule has 0 radical (unpaired) electrons. The van der Waals surface area contributed by atoms with E-state index in [2.05, 4.69) is 42.9 Å². The number of benzene rings is 1. The van der Waals surface area contributed by atoms with Crippen LogP contribution in [-0.2, 0) is 12.8 Å². The van der Waals surface area contributed by atoms with E-state index in [1.54, 1.807) is 0 Å². The Morgan fingerprint density at radius 3 is 3.00 bits per heavy atom. The molecule has 0 nitrogen and oxygen atoms in total. The maximum Gasteiger partial charge on any atom is 0.0337 e. The molecule has 2 rings (SSSR count). The molecule has 1 aromatic carbocycles. The zero-order chi connectivity index (χ0) is 9.97. The Labute approximate surface area is 85.0 Å². The van der Waals surface area contributed by atoms with Crippen LogP contribution in [-0.4, -0.2) is 0 Å². The topological polar surface area (TPSA) is 0 Å². The number of fused-ring (bicyclic) bond motifs is 1. The highest BCUT2D eigenvalue weighted by Crippen LogP contribution is 2.22. The molecule has 1 aliphatic rings. The van der Waals surface area contributed by atoms with Crippen LogP contribution in [0.1, 0.15) is 16.7 Å². The van der Waals surface area contributed by atoms with E-state index in [4.69, 9.17) is 6.42 Å². The fourth-order valence-corrected chi connectivity index (χ4v) is 1.71. The lowest BCUT2D eigenvalue weighted by molar-refractivity contribution is 1.15. The van der Waals surface area contributed by atoms with Crippen molar-refractivity contribution in [3.8, 4) is 12.3 Å². The Morgan fingerprint density at radius 2 is 2.21 bits per heavy atom. The van der Waals surface area contributed by atoms with Gasteiger partial charge in [-0.25, -0.2) is 0 Å². The highest BCUT2D eigenvalue weighted by molar-refractivity contribution is 5.62. The first-order valence-corrected chi connectivity index (χ1v) is 4.71. The first-order valence-electron chi connectivity index (χ1n) is 4.71. The third kappa shape index (κ3) is 1.63. The standard InChI is InChI=1S/C14H12/c1-3-4-12-6-8-13-7-5-11(2)9-14(13)10-12/h1,5-8,10H,2,4,9H2. The fraction of sp³-hybridized carbons (Fsp3) is 0.143. The van der Waals surface area contributed by atoms with Crippen LogP contribution in [0.4, 0.5) is 0 Å². The van der Waals surface area contributed by atoms with Gasteiger partial charge in [-0.3, -0.25) is 0 Å². The third-order valence-corrected chi connectivity index (χ3v) is 2.43. The summed E-state index contributed by atoms with van der Waals surface area (Å²) in [6, 6.07) is 6.41. The minimum Gasteiger partial charge on any atom is -0.120 e. The zero-order valence-electron chi connectivity index (χ0n) is 8.09. The molecule has 0 spiro atoms. The van der Waals surface area contributed by atoms with Gasteiger partial charge in [0.25, 0.3) is 0 Å². The van der Waals surface area contributed by atoms with E-state index in [0.29, 0.717) is 6.42 Å². The van der Waals surface area contributed by atoms with E-state index in [1.165, 1.54) is 16.7 Å². The third-order valence-electron chi connectivity index (χ3n) is 2.43. The normalized spacial score (nSPS) is 13.5. The van der Waals surface area contributed by atoms with Crippen LogP contribution in [0.25, 0.3) is 6.08 Å². The molecular weight excluding hydrogens is 168 g/mol. The Kier molecular flexibility index (Phi) is 2.24. The Balaban J connectivity index is 2.40. The summed E-state index contributed by atoms with van der Waals surface area (Å²) < 4.78 is 0. The van der Waals surface area contributed by atoms with Crippen molar-refractivity contribution in [3.05, 3.63) is 53.1 Å². The lowest BCUT2D eigenvalue weighted by Crippen LogP contribution is -1.97. The lowest BCUT2D eigenvalue weighted by atomic mass is 9.92. The van der Waals surface area contributed by atoms with Crippen molar-refractivity contribution in [2.45, 2.75) is 12.8 Å². The Bertz CT molecular complexity index is 442. The van der Waals surface area contributed by atoms with Gasteiger partial charge >= 0.3 is 0 Å². The summed E-state index contributed by atoms with van der Waals surface area (Å²) >= 11 is 0. The molecule has 0 unspecified atom stereocenters. The van der Waals surface area contributed by atoms with Gasteiger partial charge in [0, 0.05) is 6.42 Å². The van der Waals surface area contributed by atoms with Gasteiger partial charge in [0.2, 0.25) is 0 Å². The van der Waals surface area contributed by atoms with E-state index in [0.717, 1.165) is 12.0 Å². The predicted molar refractivity (Wildman–Crippen MR) is 60.9 cm³/mol. The predicted octanol–water partition coefficient (Wildman–Crippen LogP) is 2.99. The number of hydrogen-bond donors (Lipinski definition) is 0. The smallest absolute Gasteiger partial charge is 0.0337 e. The molecule has 68 valence electrons. The van der Waals surface area contributed by atoms with E-state index >= 15 is 0 Å². The lowest BCUT2D eigenvalue weighted by Gasteiger charge is -2.12. The van der Waals surface area contributed by atoms with Gasteiger partial charge in [-0.15, -0.1) is 12.3 Å². The molecule has 0 heterocycles. The van der Waals surface area contributed by atoms with Gasteiger partial charge in [-0.2, -0.15) is 0 Å². The fourth-order valence-electron chi connectivity index (χ4n) is 1.71. The molecule has 0 N–H and O–H groups in total. The van der Waals surface area contributed by atoms with Gasteiger partial charge < -0.3 is 0 Å². The Hall–Kier alpha value is -1.74. The average Bonchev–Trinajstić information content (AvgIpc) is 2.17. The minimum absolute atomic E-state index is 0.712. The van der Waals surface area contributed by atoms with Crippen molar-refractivity contribution in [3.63, 3.8) is 0 Å². The van der Waals surface area contributed by atoms with Crippen LogP contribution in [0.2, 0.25) is 0 Å². The van der Waals surface area contributed by atoms with Gasteiger partial charge in [-0.05, 0) is 23.1 Å². The molecule has 0 aromatic heterocycles. The van der Waals surface area contributed by atoms with E-state index < -0.39 is 0 Å². The molecule has 0 amide bonds. The maximum atomic E-state index is 5.28. The molecule has 0 heteroatoms. The SMILES string of the molecule is C#CCc1ccc2c(c1)CC(=C)C=C2. The van der Waals surface area contributed by atoms with Gasteiger partial charge in [0.1, 0.15) is 0 Å². The van der Waals surface area contributed by atoms with Crippen LogP contribution >= 0.6 is 0 Å². The first kappa shape index (κ1) is 8.84. The second-order valence-corrected chi connectivity index (χ2v) is 3.58. The van der Waals surface area contributed by atoms with E-state index in [-0.39, 0.29) is 0 Å². The van der Waals surface area contributed by atoms with Crippen molar-refractivity contribution < 1.29 is 0 Å². The second-order valence-electron chi connectivity index (χ2n) is 3.58. The molecule has 0 fully saturated rings. The molecule has 0 saturated carbocycles. The first-order chi connectivity index (χ1) is 6.79. The highest BCUT2D eigenvalue weighted by Gasteiger charge is 2.06. The van der Waals surface area contributed by atoms with Gasteiger partial charge in [-0.1, -0.05) is 42.5 Å². The number of rotatable bonds is 1. The summed E-state index contributed by atoms with van der Waals surface area (Å²) in [6.07, 6.45) is 11.1. The van der Waals surface area contributed by atoms with Crippen molar-refractivity contribution in [2.24, 2.45) is 0 Å². The Morgan fingerprint density at radius 1 is 1.36 bits per heavy atom. The molecule has 1 aliphatic carbocycles. The van der Waals surface area contributed by atoms with Gasteiger partial charge in [0.15, 0.2) is 0 Å². The van der Waals surface area contributed by atoms with Crippen LogP contribution in [0.15, 0.2) is 36.4 Å². The summed E-state index contributed by atoms with van der Waals surface area (Å²) in [5, 5.41) is 0. The molecule has 1 aromatic rings. The maximum absolute atomic E-state index is 5.28. The van der Waals surface area contributed by atoms with Crippen molar-refractivity contribution in [1.82, 2.24) is 0 Å². The molecular formula is C14H12. The van der Waals surface area contributed by atoms with Crippen molar-refractivity contribution >= 4 is 6.08 Å². The van der Waals surface area contributed by atoms with Crippen LogP contribution in [0.5, 0.6) is 0 Å². The summed E-state index contributed by atoms with van der Waals surface area (Å²) in [6.45, 7) is 3.96. The number of terminal acetylenes is 1. The molecule has 0 aliphatic heterocycles. The van der Waals surface area contributed by atoms with E-state index in [1.807, 2.05) is 0 Å². The van der Waals surface area contributed by atoms with E-state index in [9.17, 15) is 0 Å². The minimum atomic E-state index is 0.712. The average molecular weight is 180 g/mol. The molecule has 14 heavy (non-hydrogen) atoms. The highest BCUT2D eigenvalue weighted by atomic mass is 14.1. The summed E-state index contributed by atoms with van der Waals surface area (Å²) in [5.41, 5.74) is 5.01. The quantitative estimate of drug-likeness (QED) is 0.583. The van der Waals surface area contributed by atoms with Crippen LogP contribution in [0, 0.1) is 12.3 Å². The largest absolute Gasteiger partial charge is 0.120 e. The summed E-state index contributed by atoms with van der Waals surface area (Å²) in [7, 11) is 0. The van der Waals surface area contributed by atoms with Gasteiger partial charge in [0.05, 0.1) is 0 Å². The number of hydrogen-bond acceptors (Lipinski definition) is 0. The van der Waals surface area contributed by atoms with Crippen LogP contribution < -0.4 is 0 Å².